The number of benzene rings is 1. The van der Waals surface area contributed by atoms with E-state index in [-0.39, 0.29) is 0 Å². The van der Waals surface area contributed by atoms with Crippen molar-refractivity contribution >= 4 is 21.8 Å². The number of para-hydroxylation sites is 1. The molecule has 5 aromatic rings. The van der Waals surface area contributed by atoms with E-state index in [9.17, 15) is 0 Å². The van der Waals surface area contributed by atoms with E-state index in [0.717, 1.165) is 38.8 Å². The van der Waals surface area contributed by atoms with Gasteiger partial charge in [-0.1, -0.05) is 12.1 Å². The summed E-state index contributed by atoms with van der Waals surface area (Å²) in [5.41, 5.74) is 4.26. The minimum Gasteiger partial charge on any atom is -0.461 e. The van der Waals surface area contributed by atoms with Crippen LogP contribution in [0.2, 0.25) is 0 Å². The quantitative estimate of drug-likeness (QED) is 0.533. The van der Waals surface area contributed by atoms with Gasteiger partial charge in [-0.3, -0.25) is 0 Å². The van der Waals surface area contributed by atoms with Gasteiger partial charge in [0.1, 0.15) is 6.26 Å². The van der Waals surface area contributed by atoms with Crippen molar-refractivity contribution in [2.45, 2.75) is 0 Å². The fourth-order valence-corrected chi connectivity index (χ4v) is 3.17. The van der Waals surface area contributed by atoms with E-state index < -0.39 is 0 Å². The highest BCUT2D eigenvalue weighted by Gasteiger charge is 2.16. The number of imidazole rings is 1. The third-order valence-electron chi connectivity index (χ3n) is 4.25. The molecule has 0 fully saturated rings. The van der Waals surface area contributed by atoms with Crippen molar-refractivity contribution in [1.82, 2.24) is 19.1 Å². The number of rotatable bonds is 2. The molecule has 0 aliphatic heterocycles. The summed E-state index contributed by atoms with van der Waals surface area (Å²) in [6, 6.07) is 8.30. The molecule has 5 heteroatoms. The molecule has 5 rings (SSSR count). The number of nitrogens with zero attached hydrogens (tertiary/aromatic N) is 3. The zero-order valence-corrected chi connectivity index (χ0v) is 12.5. The van der Waals surface area contributed by atoms with Crippen LogP contribution < -0.4 is 0 Å². The van der Waals surface area contributed by atoms with Crippen molar-refractivity contribution in [3.63, 3.8) is 0 Å². The lowest BCUT2D eigenvalue weighted by atomic mass is 10.1. The summed E-state index contributed by atoms with van der Waals surface area (Å²) in [4.78, 5) is 7.68. The molecule has 1 N–H and O–H groups in total. The van der Waals surface area contributed by atoms with Gasteiger partial charge in [-0.05, 0) is 12.1 Å². The van der Waals surface area contributed by atoms with Crippen LogP contribution in [0.25, 0.3) is 38.8 Å². The van der Waals surface area contributed by atoms with Crippen molar-refractivity contribution in [2.75, 3.05) is 0 Å². The summed E-state index contributed by atoms with van der Waals surface area (Å²) in [5.74, 6) is 0.869. The van der Waals surface area contributed by atoms with Crippen LogP contribution in [-0.4, -0.2) is 19.1 Å². The van der Waals surface area contributed by atoms with E-state index in [1.54, 1.807) is 6.20 Å². The summed E-state index contributed by atoms with van der Waals surface area (Å²) >= 11 is 0. The number of aromatic nitrogens is 4. The Bertz CT molecular complexity index is 1120. The molecule has 0 saturated heterocycles. The molecule has 4 aromatic heterocycles. The predicted octanol–water partition coefficient (Wildman–Crippen LogP) is 4.11. The fourth-order valence-electron chi connectivity index (χ4n) is 3.17. The largest absolute Gasteiger partial charge is 0.461 e. The van der Waals surface area contributed by atoms with Crippen LogP contribution in [0.15, 0.2) is 66.1 Å². The van der Waals surface area contributed by atoms with Gasteiger partial charge >= 0.3 is 0 Å². The first-order valence-electron chi connectivity index (χ1n) is 7.44. The Labute approximate surface area is 131 Å². The van der Waals surface area contributed by atoms with E-state index in [4.69, 9.17) is 4.42 Å². The van der Waals surface area contributed by atoms with E-state index in [1.807, 2.05) is 41.2 Å². The maximum absolute atomic E-state index is 5.83. The summed E-state index contributed by atoms with van der Waals surface area (Å²) in [7, 11) is 2.01. The predicted molar refractivity (Wildman–Crippen MR) is 89.6 cm³/mol. The highest BCUT2D eigenvalue weighted by Crippen LogP contribution is 2.36. The average Bonchev–Trinajstić information content (AvgIpc) is 3.31. The number of fused-ring (bicyclic) bond motifs is 3. The first-order valence-corrected chi connectivity index (χ1v) is 7.44. The first-order chi connectivity index (χ1) is 11.3. The van der Waals surface area contributed by atoms with Gasteiger partial charge < -0.3 is 18.5 Å². The van der Waals surface area contributed by atoms with Crippen LogP contribution in [-0.2, 0) is 7.05 Å². The van der Waals surface area contributed by atoms with Crippen LogP contribution in [0.4, 0.5) is 0 Å². The second kappa shape index (κ2) is 4.39. The standard InChI is InChI=1S/C18H14N4O/c1-21-7-5-12(9-21)18-17-14(10-23-18)13-3-2-4-15(16(13)20-17)22-8-6-19-11-22/h2-11,20H,1H3. The van der Waals surface area contributed by atoms with Crippen molar-refractivity contribution in [2.24, 2.45) is 7.05 Å². The zero-order valence-electron chi connectivity index (χ0n) is 12.5. The van der Waals surface area contributed by atoms with Gasteiger partial charge in [-0.15, -0.1) is 0 Å². The van der Waals surface area contributed by atoms with E-state index >= 15 is 0 Å². The number of hydrogen-bond acceptors (Lipinski definition) is 2. The third kappa shape index (κ3) is 1.70. The second-order valence-corrected chi connectivity index (χ2v) is 5.71. The molecular weight excluding hydrogens is 288 g/mol. The first kappa shape index (κ1) is 12.3. The Morgan fingerprint density at radius 2 is 2.04 bits per heavy atom. The van der Waals surface area contributed by atoms with Crippen molar-refractivity contribution in [3.8, 4) is 17.0 Å². The summed E-state index contributed by atoms with van der Waals surface area (Å²) in [6.45, 7) is 0. The highest BCUT2D eigenvalue weighted by molar-refractivity contribution is 6.12. The van der Waals surface area contributed by atoms with E-state index in [2.05, 4.69) is 40.4 Å². The second-order valence-electron chi connectivity index (χ2n) is 5.71. The lowest BCUT2D eigenvalue weighted by molar-refractivity contribution is 0.586. The van der Waals surface area contributed by atoms with Gasteiger partial charge in [0.05, 0.1) is 23.0 Å². The fraction of sp³-hybridized carbons (Fsp3) is 0.0556. The highest BCUT2D eigenvalue weighted by atomic mass is 16.3. The van der Waals surface area contributed by atoms with Crippen molar-refractivity contribution < 1.29 is 4.42 Å². The molecule has 4 heterocycles. The Hall–Kier alpha value is -3.21. The minimum atomic E-state index is 0.869. The lowest BCUT2D eigenvalue weighted by Gasteiger charge is -2.03. The molecule has 0 aliphatic carbocycles. The van der Waals surface area contributed by atoms with Gasteiger partial charge in [-0.25, -0.2) is 4.98 Å². The van der Waals surface area contributed by atoms with Gasteiger partial charge in [0.15, 0.2) is 5.76 Å². The smallest absolute Gasteiger partial charge is 0.159 e. The number of furan rings is 1. The summed E-state index contributed by atoms with van der Waals surface area (Å²) < 4.78 is 9.86. The van der Waals surface area contributed by atoms with Crippen LogP contribution in [0.1, 0.15) is 0 Å². The van der Waals surface area contributed by atoms with Crippen molar-refractivity contribution in [3.05, 3.63) is 61.6 Å². The number of H-pyrrole nitrogens is 1. The minimum absolute atomic E-state index is 0.869. The molecule has 5 nitrogen and oxygen atoms in total. The SMILES string of the molecule is Cn1ccc(-c2occ3c2[nH]c2c(-n4ccnc4)cccc23)c1. The molecule has 23 heavy (non-hydrogen) atoms. The lowest BCUT2D eigenvalue weighted by Crippen LogP contribution is -1.90. The normalized spacial score (nSPS) is 11.7. The number of nitrogens with one attached hydrogen (secondary N) is 1. The third-order valence-corrected chi connectivity index (χ3v) is 4.25. The molecular formula is C18H14N4O. The molecule has 112 valence electrons. The van der Waals surface area contributed by atoms with Gasteiger partial charge in [0, 0.05) is 48.2 Å². The molecule has 0 unspecified atom stereocenters. The van der Waals surface area contributed by atoms with Crippen molar-refractivity contribution in [1.29, 1.82) is 0 Å². The van der Waals surface area contributed by atoms with Crippen LogP contribution in [0.3, 0.4) is 0 Å². The number of hydrogen-bond donors (Lipinski definition) is 1. The van der Waals surface area contributed by atoms with Gasteiger partial charge in [0.2, 0.25) is 0 Å². The van der Waals surface area contributed by atoms with Crippen LogP contribution in [0, 0.1) is 0 Å². The van der Waals surface area contributed by atoms with Gasteiger partial charge in [0.25, 0.3) is 0 Å². The number of aromatic amines is 1. The Kier molecular flexibility index (Phi) is 2.36. The molecule has 0 saturated carbocycles. The van der Waals surface area contributed by atoms with Crippen LogP contribution >= 0.6 is 0 Å². The zero-order chi connectivity index (χ0) is 15.4. The molecule has 0 radical (unpaired) electrons. The van der Waals surface area contributed by atoms with Crippen LogP contribution in [0.5, 0.6) is 0 Å². The molecule has 1 aromatic carbocycles. The molecule has 0 amide bonds. The molecule has 0 bridgehead atoms. The van der Waals surface area contributed by atoms with E-state index in [0.29, 0.717) is 0 Å². The Morgan fingerprint density at radius 3 is 2.83 bits per heavy atom. The summed E-state index contributed by atoms with van der Waals surface area (Å²) in [6.07, 6.45) is 11.4. The monoisotopic (exact) mass is 302 g/mol. The van der Waals surface area contributed by atoms with Gasteiger partial charge in [-0.2, -0.15) is 0 Å². The average molecular weight is 302 g/mol. The summed E-state index contributed by atoms with van der Waals surface area (Å²) in [5, 5.41) is 2.25. The maximum atomic E-state index is 5.83. The van der Waals surface area contributed by atoms with E-state index in [1.165, 1.54) is 0 Å². The number of aryl methyl sites for hydroxylation is 1. The molecule has 0 aliphatic rings. The topological polar surface area (TPSA) is 51.7 Å². The molecule has 0 atom stereocenters. The molecule has 0 spiro atoms. The Morgan fingerprint density at radius 1 is 1.09 bits per heavy atom. The Balaban J connectivity index is 1.83. The maximum Gasteiger partial charge on any atom is 0.159 e.